The van der Waals surface area contributed by atoms with E-state index >= 15 is 0 Å². The van der Waals surface area contributed by atoms with Crippen molar-refractivity contribution >= 4 is 0 Å². The summed E-state index contributed by atoms with van der Waals surface area (Å²) in [4.78, 5) is 2.74. The lowest BCUT2D eigenvalue weighted by Crippen LogP contribution is -2.56. The maximum Gasteiger partial charge on any atom is 0.0218 e. The Labute approximate surface area is 108 Å². The van der Waals surface area contributed by atoms with Gasteiger partial charge in [-0.2, -0.15) is 0 Å². The van der Waals surface area contributed by atoms with E-state index in [1.54, 1.807) is 0 Å². The standard InChI is InChI=1S/C15H32N2/c1-5-8-9-14(6-2)12-17-11-13(4)16-10-15(17)7-3/h13-16H,5-12H2,1-4H3. The third kappa shape index (κ3) is 4.97. The lowest BCUT2D eigenvalue weighted by Gasteiger charge is -2.40. The molecule has 0 spiro atoms. The molecule has 0 aromatic rings. The number of rotatable bonds is 7. The minimum Gasteiger partial charge on any atom is -0.311 e. The Hall–Kier alpha value is -0.0800. The number of nitrogens with one attached hydrogen (secondary N) is 1. The average Bonchev–Trinajstić information content (AvgIpc) is 2.34. The van der Waals surface area contributed by atoms with Gasteiger partial charge in [0.15, 0.2) is 0 Å². The van der Waals surface area contributed by atoms with E-state index in [2.05, 4.69) is 37.9 Å². The number of hydrogen-bond acceptors (Lipinski definition) is 2. The number of piperazine rings is 1. The van der Waals surface area contributed by atoms with Gasteiger partial charge < -0.3 is 5.32 Å². The molecule has 17 heavy (non-hydrogen) atoms. The molecule has 1 aliphatic heterocycles. The molecule has 0 aromatic carbocycles. The van der Waals surface area contributed by atoms with Crippen LogP contribution in [0.1, 0.15) is 59.8 Å². The summed E-state index contributed by atoms with van der Waals surface area (Å²) in [6.07, 6.45) is 6.78. The molecule has 1 N–H and O–H groups in total. The van der Waals surface area contributed by atoms with Gasteiger partial charge in [0, 0.05) is 31.7 Å². The Morgan fingerprint density at radius 3 is 2.65 bits per heavy atom. The molecule has 0 radical (unpaired) electrons. The molecule has 1 fully saturated rings. The zero-order valence-electron chi connectivity index (χ0n) is 12.3. The molecular weight excluding hydrogens is 208 g/mol. The fraction of sp³-hybridized carbons (Fsp3) is 1.00. The van der Waals surface area contributed by atoms with Crippen LogP contribution in [0.25, 0.3) is 0 Å². The van der Waals surface area contributed by atoms with Crippen LogP contribution in [0.3, 0.4) is 0 Å². The van der Waals surface area contributed by atoms with E-state index < -0.39 is 0 Å². The van der Waals surface area contributed by atoms with E-state index in [-0.39, 0.29) is 0 Å². The Balaban J connectivity index is 2.43. The molecule has 0 aromatic heterocycles. The fourth-order valence-electron chi connectivity index (χ4n) is 2.91. The minimum absolute atomic E-state index is 0.668. The van der Waals surface area contributed by atoms with Crippen molar-refractivity contribution in [1.29, 1.82) is 0 Å². The van der Waals surface area contributed by atoms with E-state index in [0.717, 1.165) is 12.0 Å². The van der Waals surface area contributed by atoms with E-state index in [1.807, 2.05) is 0 Å². The van der Waals surface area contributed by atoms with E-state index in [4.69, 9.17) is 0 Å². The largest absolute Gasteiger partial charge is 0.311 e. The number of hydrogen-bond donors (Lipinski definition) is 1. The summed E-state index contributed by atoms with van der Waals surface area (Å²) in [5, 5.41) is 3.61. The van der Waals surface area contributed by atoms with Crippen LogP contribution < -0.4 is 5.32 Å². The highest BCUT2D eigenvalue weighted by Gasteiger charge is 2.25. The molecule has 1 rings (SSSR count). The van der Waals surface area contributed by atoms with Gasteiger partial charge in [-0.15, -0.1) is 0 Å². The monoisotopic (exact) mass is 240 g/mol. The van der Waals surface area contributed by atoms with Gasteiger partial charge >= 0.3 is 0 Å². The van der Waals surface area contributed by atoms with Gasteiger partial charge in [-0.3, -0.25) is 4.90 Å². The molecule has 102 valence electrons. The summed E-state index contributed by atoms with van der Waals surface area (Å²) in [7, 11) is 0. The predicted octanol–water partition coefficient (Wildman–Crippen LogP) is 3.28. The van der Waals surface area contributed by atoms with Crippen LogP contribution in [0.2, 0.25) is 0 Å². The van der Waals surface area contributed by atoms with Gasteiger partial charge in [0.2, 0.25) is 0 Å². The second kappa shape index (κ2) is 8.10. The second-order valence-corrected chi connectivity index (χ2v) is 5.74. The molecule has 2 heteroatoms. The van der Waals surface area contributed by atoms with Crippen molar-refractivity contribution in [2.75, 3.05) is 19.6 Å². The normalized spacial score (nSPS) is 28.2. The third-order valence-electron chi connectivity index (χ3n) is 4.23. The smallest absolute Gasteiger partial charge is 0.0218 e. The van der Waals surface area contributed by atoms with Gasteiger partial charge in [-0.25, -0.2) is 0 Å². The molecule has 2 nitrogen and oxygen atoms in total. The zero-order chi connectivity index (χ0) is 12.7. The molecule has 1 heterocycles. The first-order chi connectivity index (χ1) is 8.21. The number of nitrogens with zero attached hydrogens (tertiary/aromatic N) is 1. The molecule has 0 amide bonds. The highest BCUT2D eigenvalue weighted by Crippen LogP contribution is 2.18. The second-order valence-electron chi connectivity index (χ2n) is 5.74. The molecule has 0 bridgehead atoms. The van der Waals surface area contributed by atoms with Crippen LogP contribution in [0, 0.1) is 5.92 Å². The van der Waals surface area contributed by atoms with E-state index in [9.17, 15) is 0 Å². The summed E-state index contributed by atoms with van der Waals surface area (Å²) in [6, 6.07) is 1.43. The third-order valence-corrected chi connectivity index (χ3v) is 4.23. The van der Waals surface area contributed by atoms with Gasteiger partial charge in [-0.05, 0) is 25.7 Å². The Morgan fingerprint density at radius 1 is 1.29 bits per heavy atom. The Morgan fingerprint density at radius 2 is 2.06 bits per heavy atom. The topological polar surface area (TPSA) is 15.3 Å². The molecule has 3 atom stereocenters. The molecule has 0 aliphatic carbocycles. The van der Waals surface area contributed by atoms with Crippen molar-refractivity contribution in [2.45, 2.75) is 71.9 Å². The highest BCUT2D eigenvalue weighted by atomic mass is 15.2. The van der Waals surface area contributed by atoms with E-state index in [1.165, 1.54) is 51.7 Å². The summed E-state index contributed by atoms with van der Waals surface area (Å²) >= 11 is 0. The van der Waals surface area contributed by atoms with Gasteiger partial charge in [-0.1, -0.05) is 40.0 Å². The first kappa shape index (κ1) is 15.0. The minimum atomic E-state index is 0.668. The predicted molar refractivity (Wildman–Crippen MR) is 76.4 cm³/mol. The quantitative estimate of drug-likeness (QED) is 0.735. The van der Waals surface area contributed by atoms with Crippen LogP contribution >= 0.6 is 0 Å². The summed E-state index contributed by atoms with van der Waals surface area (Å²) < 4.78 is 0. The highest BCUT2D eigenvalue weighted by molar-refractivity contribution is 4.84. The van der Waals surface area contributed by atoms with Crippen molar-refractivity contribution in [3.8, 4) is 0 Å². The van der Waals surface area contributed by atoms with Crippen molar-refractivity contribution in [3.05, 3.63) is 0 Å². The summed E-state index contributed by atoms with van der Waals surface area (Å²) in [5.74, 6) is 0.911. The van der Waals surface area contributed by atoms with Gasteiger partial charge in [0.25, 0.3) is 0 Å². The first-order valence-electron chi connectivity index (χ1n) is 7.68. The lowest BCUT2D eigenvalue weighted by atomic mass is 9.96. The molecule has 0 saturated carbocycles. The molecule has 1 aliphatic rings. The lowest BCUT2D eigenvalue weighted by molar-refractivity contribution is 0.107. The average molecular weight is 240 g/mol. The molecule has 3 unspecified atom stereocenters. The van der Waals surface area contributed by atoms with Crippen molar-refractivity contribution in [1.82, 2.24) is 10.2 Å². The Kier molecular flexibility index (Phi) is 7.14. The van der Waals surface area contributed by atoms with Crippen molar-refractivity contribution in [2.24, 2.45) is 5.92 Å². The van der Waals surface area contributed by atoms with E-state index in [0.29, 0.717) is 6.04 Å². The fourth-order valence-corrected chi connectivity index (χ4v) is 2.91. The maximum atomic E-state index is 3.61. The number of unbranched alkanes of at least 4 members (excludes halogenated alkanes) is 1. The summed E-state index contributed by atoms with van der Waals surface area (Å²) in [5.41, 5.74) is 0. The summed E-state index contributed by atoms with van der Waals surface area (Å²) in [6.45, 7) is 13.0. The van der Waals surface area contributed by atoms with Crippen LogP contribution in [-0.4, -0.2) is 36.6 Å². The van der Waals surface area contributed by atoms with Gasteiger partial charge in [0.05, 0.1) is 0 Å². The van der Waals surface area contributed by atoms with Crippen LogP contribution in [0.15, 0.2) is 0 Å². The van der Waals surface area contributed by atoms with Gasteiger partial charge in [0.1, 0.15) is 0 Å². The Bertz CT molecular complexity index is 193. The molecule has 1 saturated heterocycles. The van der Waals surface area contributed by atoms with Crippen LogP contribution in [0.4, 0.5) is 0 Å². The molecular formula is C15H32N2. The zero-order valence-corrected chi connectivity index (χ0v) is 12.3. The van der Waals surface area contributed by atoms with Crippen LogP contribution in [-0.2, 0) is 0 Å². The first-order valence-corrected chi connectivity index (χ1v) is 7.68. The maximum absolute atomic E-state index is 3.61. The van der Waals surface area contributed by atoms with Crippen LogP contribution in [0.5, 0.6) is 0 Å². The SMILES string of the molecule is CCCCC(CC)CN1CC(C)NCC1CC. The van der Waals surface area contributed by atoms with Crippen molar-refractivity contribution in [3.63, 3.8) is 0 Å². The van der Waals surface area contributed by atoms with Crippen molar-refractivity contribution < 1.29 is 0 Å².